The van der Waals surface area contributed by atoms with E-state index in [9.17, 15) is 4.79 Å². The lowest BCUT2D eigenvalue weighted by atomic mass is 10.2. The van der Waals surface area contributed by atoms with Crippen molar-refractivity contribution in [1.82, 2.24) is 4.98 Å². The molecule has 1 amide bonds. The molecular formula is C15H14ClN3O3. The van der Waals surface area contributed by atoms with Crippen LogP contribution in [0, 0.1) is 0 Å². The van der Waals surface area contributed by atoms with Crippen molar-refractivity contribution >= 4 is 29.0 Å². The van der Waals surface area contributed by atoms with Crippen LogP contribution >= 0.6 is 11.6 Å². The normalized spacial score (nSPS) is 12.1. The van der Waals surface area contributed by atoms with Gasteiger partial charge in [-0.2, -0.15) is 0 Å². The molecule has 1 aromatic carbocycles. The summed E-state index contributed by atoms with van der Waals surface area (Å²) in [6.07, 6.45) is 1.64. The molecule has 1 N–H and O–H groups in total. The fourth-order valence-electron chi connectivity index (χ4n) is 2.13. The highest BCUT2D eigenvalue weighted by atomic mass is 35.5. The molecule has 0 aliphatic carbocycles. The van der Waals surface area contributed by atoms with Crippen LogP contribution in [-0.4, -0.2) is 31.8 Å². The van der Waals surface area contributed by atoms with E-state index < -0.39 is 0 Å². The number of aromatic nitrogens is 1. The highest BCUT2D eigenvalue weighted by Gasteiger charge is 2.19. The second kappa shape index (κ2) is 5.73. The molecule has 0 spiro atoms. The first-order chi connectivity index (χ1) is 10.6. The molecule has 0 radical (unpaired) electrons. The summed E-state index contributed by atoms with van der Waals surface area (Å²) < 4.78 is 10.5. The zero-order chi connectivity index (χ0) is 15.7. The molecule has 114 valence electrons. The molecule has 3 rings (SSSR count). The number of carbonyl (C=O) groups is 1. The van der Waals surface area contributed by atoms with Gasteiger partial charge in [0.05, 0.1) is 16.3 Å². The maximum Gasteiger partial charge on any atom is 0.259 e. The molecule has 0 atom stereocenters. The van der Waals surface area contributed by atoms with Crippen molar-refractivity contribution in [1.29, 1.82) is 0 Å². The van der Waals surface area contributed by atoms with Crippen LogP contribution in [0.1, 0.15) is 10.4 Å². The first-order valence-corrected chi connectivity index (χ1v) is 6.97. The van der Waals surface area contributed by atoms with E-state index in [2.05, 4.69) is 10.3 Å². The molecule has 0 saturated heterocycles. The van der Waals surface area contributed by atoms with Crippen LogP contribution in [0.2, 0.25) is 5.02 Å². The van der Waals surface area contributed by atoms with Crippen LogP contribution in [0.3, 0.4) is 0 Å². The van der Waals surface area contributed by atoms with Crippen molar-refractivity contribution in [2.24, 2.45) is 0 Å². The quantitative estimate of drug-likeness (QED) is 0.942. The number of fused-ring (bicyclic) bond motifs is 1. The van der Waals surface area contributed by atoms with E-state index in [1.807, 2.05) is 14.1 Å². The van der Waals surface area contributed by atoms with Gasteiger partial charge in [-0.3, -0.25) is 4.79 Å². The summed E-state index contributed by atoms with van der Waals surface area (Å²) in [5.74, 6) is 1.41. The summed E-state index contributed by atoms with van der Waals surface area (Å²) in [4.78, 5) is 18.5. The van der Waals surface area contributed by atoms with Crippen molar-refractivity contribution in [3.8, 4) is 11.5 Å². The highest BCUT2D eigenvalue weighted by Crippen LogP contribution is 2.39. The van der Waals surface area contributed by atoms with Crippen LogP contribution in [0.25, 0.3) is 0 Å². The maximum atomic E-state index is 12.5. The fraction of sp³-hybridized carbons (Fsp3) is 0.200. The van der Waals surface area contributed by atoms with Gasteiger partial charge in [-0.1, -0.05) is 11.6 Å². The number of hydrogen-bond acceptors (Lipinski definition) is 5. The lowest BCUT2D eigenvalue weighted by Gasteiger charge is -2.16. The first kappa shape index (κ1) is 14.5. The fourth-order valence-corrected chi connectivity index (χ4v) is 2.33. The molecule has 7 heteroatoms. The molecule has 1 aliphatic heterocycles. The summed E-state index contributed by atoms with van der Waals surface area (Å²) >= 11 is 6.17. The number of nitrogens with zero attached hydrogens (tertiary/aromatic N) is 2. The molecule has 0 unspecified atom stereocenters. The molecular weight excluding hydrogens is 306 g/mol. The molecule has 22 heavy (non-hydrogen) atoms. The van der Waals surface area contributed by atoms with Crippen LogP contribution in [0.15, 0.2) is 30.5 Å². The second-order valence-corrected chi connectivity index (χ2v) is 5.32. The number of rotatable bonds is 3. The molecule has 0 fully saturated rings. The third kappa shape index (κ3) is 2.65. The molecule has 1 aromatic heterocycles. The molecule has 1 aliphatic rings. The summed E-state index contributed by atoms with van der Waals surface area (Å²) in [6, 6.07) is 6.69. The van der Waals surface area contributed by atoms with Gasteiger partial charge in [-0.25, -0.2) is 4.98 Å². The van der Waals surface area contributed by atoms with Gasteiger partial charge in [-0.15, -0.1) is 0 Å². The zero-order valence-electron chi connectivity index (χ0n) is 12.1. The monoisotopic (exact) mass is 319 g/mol. The van der Waals surface area contributed by atoms with Gasteiger partial charge < -0.3 is 19.7 Å². The van der Waals surface area contributed by atoms with Crippen molar-refractivity contribution < 1.29 is 14.3 Å². The predicted octanol–water partition coefficient (Wildman–Crippen LogP) is 2.78. The zero-order valence-corrected chi connectivity index (χ0v) is 12.8. The van der Waals surface area contributed by atoms with Crippen LogP contribution in [0.4, 0.5) is 11.5 Å². The Balaban J connectivity index is 1.89. The molecule has 2 heterocycles. The van der Waals surface area contributed by atoms with E-state index >= 15 is 0 Å². The van der Waals surface area contributed by atoms with E-state index in [1.54, 1.807) is 35.4 Å². The maximum absolute atomic E-state index is 12.5. The summed E-state index contributed by atoms with van der Waals surface area (Å²) in [5.41, 5.74) is 0.922. The Bertz CT molecular complexity index is 734. The standard InChI is InChI=1S/C15H14ClN3O3/c1-19(2)14-9(4-3-5-17-14)15(20)18-11-7-13-12(6-10(11)16)21-8-22-13/h3-7H,8H2,1-2H3,(H,18,20). The Morgan fingerprint density at radius 1 is 1.32 bits per heavy atom. The van der Waals surface area contributed by atoms with Gasteiger partial charge in [-0.05, 0) is 12.1 Å². The largest absolute Gasteiger partial charge is 0.454 e. The summed E-state index contributed by atoms with van der Waals surface area (Å²) in [5, 5.41) is 3.16. The minimum absolute atomic E-state index is 0.149. The predicted molar refractivity (Wildman–Crippen MR) is 84.1 cm³/mol. The Morgan fingerprint density at radius 3 is 2.77 bits per heavy atom. The second-order valence-electron chi connectivity index (χ2n) is 4.91. The van der Waals surface area contributed by atoms with Crippen LogP contribution in [-0.2, 0) is 0 Å². The SMILES string of the molecule is CN(C)c1ncccc1C(=O)Nc1cc2c(cc1Cl)OCO2. The van der Waals surface area contributed by atoms with Crippen molar-refractivity contribution in [3.63, 3.8) is 0 Å². The number of hydrogen-bond donors (Lipinski definition) is 1. The number of halogens is 1. The molecule has 0 bridgehead atoms. The average Bonchev–Trinajstić information content (AvgIpc) is 2.94. The minimum atomic E-state index is -0.294. The number of carbonyl (C=O) groups excluding carboxylic acids is 1. The van der Waals surface area contributed by atoms with Crippen molar-refractivity contribution in [2.75, 3.05) is 31.1 Å². The van der Waals surface area contributed by atoms with Gasteiger partial charge in [0, 0.05) is 32.4 Å². The van der Waals surface area contributed by atoms with E-state index in [4.69, 9.17) is 21.1 Å². The Morgan fingerprint density at radius 2 is 2.05 bits per heavy atom. The van der Waals surface area contributed by atoms with Crippen molar-refractivity contribution in [3.05, 3.63) is 41.0 Å². The number of pyridine rings is 1. The average molecular weight is 320 g/mol. The van der Waals surface area contributed by atoms with Gasteiger partial charge in [0.15, 0.2) is 11.5 Å². The third-order valence-corrected chi connectivity index (χ3v) is 3.48. The van der Waals surface area contributed by atoms with Crippen LogP contribution < -0.4 is 19.7 Å². The summed E-state index contributed by atoms with van der Waals surface area (Å²) in [6.45, 7) is 0.149. The number of amides is 1. The molecule has 0 saturated carbocycles. The smallest absolute Gasteiger partial charge is 0.259 e. The Labute approximate surface area is 132 Å². The van der Waals surface area contributed by atoms with Gasteiger partial charge in [0.25, 0.3) is 5.91 Å². The van der Waals surface area contributed by atoms with Gasteiger partial charge in [0.1, 0.15) is 5.82 Å². The van der Waals surface area contributed by atoms with Crippen LogP contribution in [0.5, 0.6) is 11.5 Å². The number of ether oxygens (including phenoxy) is 2. The number of nitrogens with one attached hydrogen (secondary N) is 1. The van der Waals surface area contributed by atoms with E-state index in [0.29, 0.717) is 33.6 Å². The lowest BCUT2D eigenvalue weighted by molar-refractivity contribution is 0.102. The number of benzene rings is 1. The van der Waals surface area contributed by atoms with E-state index in [0.717, 1.165) is 0 Å². The Hall–Kier alpha value is -2.47. The topological polar surface area (TPSA) is 63.7 Å². The van der Waals surface area contributed by atoms with Gasteiger partial charge in [0.2, 0.25) is 6.79 Å². The number of anilines is 2. The van der Waals surface area contributed by atoms with Crippen molar-refractivity contribution in [2.45, 2.75) is 0 Å². The lowest BCUT2D eigenvalue weighted by Crippen LogP contribution is -2.19. The van der Waals surface area contributed by atoms with E-state index in [-0.39, 0.29) is 12.7 Å². The Kier molecular flexibility index (Phi) is 3.77. The van der Waals surface area contributed by atoms with E-state index in [1.165, 1.54) is 0 Å². The highest BCUT2D eigenvalue weighted by molar-refractivity contribution is 6.34. The molecule has 2 aromatic rings. The molecule has 6 nitrogen and oxygen atoms in total. The van der Waals surface area contributed by atoms with Gasteiger partial charge >= 0.3 is 0 Å². The first-order valence-electron chi connectivity index (χ1n) is 6.59. The minimum Gasteiger partial charge on any atom is -0.454 e. The summed E-state index contributed by atoms with van der Waals surface area (Å²) in [7, 11) is 3.65. The third-order valence-electron chi connectivity index (χ3n) is 3.17.